The van der Waals surface area contributed by atoms with Gasteiger partial charge in [-0.1, -0.05) is 43.3 Å². The second kappa shape index (κ2) is 10.8. The maximum Gasteiger partial charge on any atom is 0.407 e. The van der Waals surface area contributed by atoms with Gasteiger partial charge in [0.1, 0.15) is 6.61 Å². The number of nitrogens with one attached hydrogen (secondary N) is 1. The van der Waals surface area contributed by atoms with E-state index in [-0.39, 0.29) is 30.5 Å². The zero-order valence-electron chi connectivity index (χ0n) is 21.6. The van der Waals surface area contributed by atoms with Gasteiger partial charge in [0.25, 0.3) is 0 Å². The summed E-state index contributed by atoms with van der Waals surface area (Å²) >= 11 is 0. The van der Waals surface area contributed by atoms with E-state index in [9.17, 15) is 9.59 Å². The molecule has 8 nitrogen and oxygen atoms in total. The molecule has 0 radical (unpaired) electrons. The second-order valence-electron chi connectivity index (χ2n) is 10.0. The third-order valence-electron chi connectivity index (χ3n) is 7.41. The molecule has 3 atom stereocenters. The Balaban J connectivity index is 1.46. The molecular formula is C29H34N4O4. The van der Waals surface area contributed by atoms with Crippen molar-refractivity contribution < 1.29 is 19.1 Å². The zero-order chi connectivity index (χ0) is 25.9. The third-order valence-corrected chi connectivity index (χ3v) is 7.41. The highest BCUT2D eigenvalue weighted by molar-refractivity contribution is 5.94. The Morgan fingerprint density at radius 1 is 1.11 bits per heavy atom. The smallest absolute Gasteiger partial charge is 0.407 e. The Bertz CT molecular complexity index is 1250. The predicted octanol–water partition coefficient (Wildman–Crippen LogP) is 4.95. The Kier molecular flexibility index (Phi) is 7.28. The van der Waals surface area contributed by atoms with Crippen LogP contribution in [0.5, 0.6) is 0 Å². The highest BCUT2D eigenvalue weighted by Crippen LogP contribution is 2.49. The topological polar surface area (TPSA) is 85.7 Å². The molecule has 2 amide bonds. The summed E-state index contributed by atoms with van der Waals surface area (Å²) in [6, 6.07) is 15.5. The maximum atomic E-state index is 13.0. The van der Waals surface area contributed by atoms with Crippen LogP contribution in [0.15, 0.2) is 60.9 Å². The number of benzene rings is 2. The molecule has 1 N–H and O–H groups in total. The Labute approximate surface area is 217 Å². The van der Waals surface area contributed by atoms with Crippen molar-refractivity contribution in [1.29, 1.82) is 0 Å². The average Bonchev–Trinajstić information content (AvgIpc) is 3.63. The number of hydrogen-bond donors (Lipinski definition) is 1. The molecule has 1 aromatic heterocycles. The van der Waals surface area contributed by atoms with Crippen LogP contribution in [-0.4, -0.2) is 41.5 Å². The van der Waals surface area contributed by atoms with E-state index in [0.717, 1.165) is 40.8 Å². The van der Waals surface area contributed by atoms with Crippen molar-refractivity contribution in [3.8, 4) is 11.1 Å². The molecule has 8 heteroatoms. The summed E-state index contributed by atoms with van der Waals surface area (Å²) < 4.78 is 12.6. The van der Waals surface area contributed by atoms with Crippen LogP contribution >= 0.6 is 0 Å². The third kappa shape index (κ3) is 5.39. The normalized spacial score (nSPS) is 20.8. The number of anilines is 1. The number of aromatic nitrogens is 2. The zero-order valence-corrected chi connectivity index (χ0v) is 21.6. The molecular weight excluding hydrogens is 468 g/mol. The standard InChI is InChI=1S/C29H34N4O4/c1-19-27(31-29(35)37-18-21-7-5-4-6-8-21)25-15-23(24-16-30-32(17-24)13-14-36-3)11-12-26(25)33(20(2)34)28(19)22-9-10-22/h4-8,11-12,15-17,19,22,27-28H,9-10,13-14,18H2,1-3H3,(H,31,35)/t19-,27-,28+/m1/s1. The van der Waals surface area contributed by atoms with Gasteiger partial charge in [-0.15, -0.1) is 0 Å². The Morgan fingerprint density at radius 2 is 1.89 bits per heavy atom. The van der Waals surface area contributed by atoms with Gasteiger partial charge in [0.2, 0.25) is 5.91 Å². The number of nitrogens with zero attached hydrogens (tertiary/aromatic N) is 3. The molecule has 1 aliphatic carbocycles. The molecule has 1 saturated carbocycles. The quantitative estimate of drug-likeness (QED) is 0.471. The molecule has 0 saturated heterocycles. The van der Waals surface area contributed by atoms with Crippen LogP contribution in [-0.2, 0) is 27.4 Å². The van der Waals surface area contributed by atoms with Crippen LogP contribution in [0.2, 0.25) is 0 Å². The molecule has 37 heavy (non-hydrogen) atoms. The van der Waals surface area contributed by atoms with Crippen LogP contribution in [0.25, 0.3) is 11.1 Å². The van der Waals surface area contributed by atoms with Gasteiger partial charge in [0, 0.05) is 43.4 Å². The lowest BCUT2D eigenvalue weighted by Gasteiger charge is -2.45. The fraction of sp³-hybridized carbons (Fsp3) is 0.414. The first-order valence-corrected chi connectivity index (χ1v) is 12.9. The SMILES string of the molecule is COCCn1cc(-c2ccc3c(c2)[C@H](NC(=O)OCc2ccccc2)[C@@H](C)[C@@H](C2CC2)N3C(C)=O)cn1. The molecule has 2 heterocycles. The van der Waals surface area contributed by atoms with E-state index in [0.29, 0.717) is 19.1 Å². The Morgan fingerprint density at radius 3 is 2.59 bits per heavy atom. The van der Waals surface area contributed by atoms with Gasteiger partial charge >= 0.3 is 6.09 Å². The van der Waals surface area contributed by atoms with Crippen molar-refractivity contribution in [3.63, 3.8) is 0 Å². The number of amides is 2. The van der Waals surface area contributed by atoms with Gasteiger partial charge in [-0.25, -0.2) is 4.79 Å². The number of carbonyl (C=O) groups is 2. The van der Waals surface area contributed by atoms with Gasteiger partial charge in [0.05, 0.1) is 25.4 Å². The number of hydrogen-bond acceptors (Lipinski definition) is 5. The van der Waals surface area contributed by atoms with Crippen molar-refractivity contribution in [2.45, 2.75) is 51.9 Å². The molecule has 0 unspecified atom stereocenters. The van der Waals surface area contributed by atoms with Crippen LogP contribution in [0.1, 0.15) is 43.9 Å². The minimum absolute atomic E-state index is 0.0212. The van der Waals surface area contributed by atoms with Crippen molar-refractivity contribution in [3.05, 3.63) is 72.1 Å². The molecule has 2 aliphatic rings. The minimum Gasteiger partial charge on any atom is -0.445 e. The second-order valence-corrected chi connectivity index (χ2v) is 10.0. The van der Waals surface area contributed by atoms with Crippen LogP contribution < -0.4 is 10.2 Å². The van der Waals surface area contributed by atoms with Gasteiger partial charge < -0.3 is 19.7 Å². The fourth-order valence-electron chi connectivity index (χ4n) is 5.46. The van der Waals surface area contributed by atoms with Gasteiger partial charge in [0.15, 0.2) is 0 Å². The highest BCUT2D eigenvalue weighted by Gasteiger charge is 2.48. The van der Waals surface area contributed by atoms with E-state index in [2.05, 4.69) is 23.4 Å². The summed E-state index contributed by atoms with van der Waals surface area (Å²) in [5.41, 5.74) is 4.65. The van der Waals surface area contributed by atoms with E-state index in [1.165, 1.54) is 0 Å². The summed E-state index contributed by atoms with van der Waals surface area (Å²) in [4.78, 5) is 27.8. The van der Waals surface area contributed by atoms with Crippen molar-refractivity contribution in [2.24, 2.45) is 11.8 Å². The van der Waals surface area contributed by atoms with E-state index in [1.807, 2.05) is 64.4 Å². The van der Waals surface area contributed by atoms with E-state index < -0.39 is 6.09 Å². The lowest BCUT2D eigenvalue weighted by molar-refractivity contribution is -0.117. The number of carbonyl (C=O) groups excluding carboxylic acids is 2. The first-order valence-electron chi connectivity index (χ1n) is 12.9. The largest absolute Gasteiger partial charge is 0.445 e. The fourth-order valence-corrected chi connectivity index (χ4v) is 5.46. The van der Waals surface area contributed by atoms with Crippen molar-refractivity contribution >= 4 is 17.7 Å². The van der Waals surface area contributed by atoms with Crippen molar-refractivity contribution in [2.75, 3.05) is 18.6 Å². The van der Waals surface area contributed by atoms with Gasteiger partial charge in [-0.05, 0) is 47.6 Å². The minimum atomic E-state index is -0.463. The van der Waals surface area contributed by atoms with E-state index >= 15 is 0 Å². The summed E-state index contributed by atoms with van der Waals surface area (Å²) in [6.07, 6.45) is 5.54. The van der Waals surface area contributed by atoms with Gasteiger partial charge in [-0.3, -0.25) is 9.48 Å². The summed E-state index contributed by atoms with van der Waals surface area (Å²) in [7, 11) is 1.67. The van der Waals surface area contributed by atoms with Crippen molar-refractivity contribution in [1.82, 2.24) is 15.1 Å². The maximum absolute atomic E-state index is 13.0. The molecule has 1 fully saturated rings. The molecule has 3 aromatic rings. The average molecular weight is 503 g/mol. The molecule has 0 spiro atoms. The first kappa shape index (κ1) is 25.0. The molecule has 2 aromatic carbocycles. The number of alkyl carbamates (subject to hydrolysis) is 1. The van der Waals surface area contributed by atoms with Crippen LogP contribution in [0.3, 0.4) is 0 Å². The number of ether oxygens (including phenoxy) is 2. The molecule has 1 aliphatic heterocycles. The molecule has 194 valence electrons. The summed E-state index contributed by atoms with van der Waals surface area (Å²) in [5, 5.41) is 7.59. The number of rotatable bonds is 8. The lowest BCUT2D eigenvalue weighted by Crippen LogP contribution is -2.53. The monoisotopic (exact) mass is 502 g/mol. The first-order chi connectivity index (χ1) is 18.0. The predicted molar refractivity (Wildman–Crippen MR) is 141 cm³/mol. The number of methoxy groups -OCH3 is 1. The van der Waals surface area contributed by atoms with Gasteiger partial charge in [-0.2, -0.15) is 5.10 Å². The Hall–Kier alpha value is -3.65. The van der Waals surface area contributed by atoms with E-state index in [4.69, 9.17) is 9.47 Å². The molecule has 5 rings (SSSR count). The van der Waals surface area contributed by atoms with Crippen LogP contribution in [0, 0.1) is 11.8 Å². The summed E-state index contributed by atoms with van der Waals surface area (Å²) in [5.74, 6) is 0.485. The molecule has 0 bridgehead atoms. The van der Waals surface area contributed by atoms with E-state index in [1.54, 1.807) is 14.0 Å². The summed E-state index contributed by atoms with van der Waals surface area (Å²) in [6.45, 7) is 5.20. The highest BCUT2D eigenvalue weighted by atomic mass is 16.5. The number of fused-ring (bicyclic) bond motifs is 1. The van der Waals surface area contributed by atoms with Crippen LogP contribution in [0.4, 0.5) is 10.5 Å². The lowest BCUT2D eigenvalue weighted by atomic mass is 9.79.